The van der Waals surface area contributed by atoms with E-state index in [1.807, 2.05) is 12.1 Å². The zero-order chi connectivity index (χ0) is 15.9. The van der Waals surface area contributed by atoms with Gasteiger partial charge in [0.15, 0.2) is 6.04 Å². The van der Waals surface area contributed by atoms with Crippen molar-refractivity contribution in [1.82, 2.24) is 10.4 Å². The number of hydrogen-bond donors (Lipinski definition) is 1. The van der Waals surface area contributed by atoms with Gasteiger partial charge >= 0.3 is 6.18 Å². The van der Waals surface area contributed by atoms with E-state index in [4.69, 9.17) is 0 Å². The standard InChI is InChI=1S/C15H12BrF3N2O/c16-13-10-4-2-1-3-9(10)5-6-11(13)14(15(17,18)19)21-8-7-12(22)20-21/h1-6,14H,7-8H2,(H,20,22). The van der Waals surface area contributed by atoms with Crippen LogP contribution in [0.3, 0.4) is 0 Å². The fourth-order valence-corrected chi connectivity index (χ4v) is 3.38. The summed E-state index contributed by atoms with van der Waals surface area (Å²) in [7, 11) is 0. The van der Waals surface area contributed by atoms with Gasteiger partial charge in [0.1, 0.15) is 0 Å². The van der Waals surface area contributed by atoms with Gasteiger partial charge < -0.3 is 0 Å². The highest BCUT2D eigenvalue weighted by molar-refractivity contribution is 9.10. The third kappa shape index (κ3) is 2.70. The molecule has 1 saturated heterocycles. The van der Waals surface area contributed by atoms with Crippen LogP contribution in [0.5, 0.6) is 0 Å². The van der Waals surface area contributed by atoms with E-state index in [0.29, 0.717) is 9.86 Å². The highest BCUT2D eigenvalue weighted by Gasteiger charge is 2.47. The predicted octanol–water partition coefficient (Wildman–Crippen LogP) is 3.94. The second-order valence-corrected chi connectivity index (χ2v) is 5.91. The minimum atomic E-state index is -4.50. The normalized spacial score (nSPS) is 17.7. The summed E-state index contributed by atoms with van der Waals surface area (Å²) in [6, 6.07) is 8.44. The number of amides is 1. The summed E-state index contributed by atoms with van der Waals surface area (Å²) in [5.41, 5.74) is 2.38. The summed E-state index contributed by atoms with van der Waals surface area (Å²) < 4.78 is 41.1. The molecule has 1 unspecified atom stereocenters. The smallest absolute Gasteiger partial charge is 0.288 e. The number of carbonyl (C=O) groups excluding carboxylic acids is 1. The van der Waals surface area contributed by atoms with Gasteiger partial charge in [0.25, 0.3) is 0 Å². The van der Waals surface area contributed by atoms with E-state index in [1.54, 1.807) is 18.2 Å². The molecule has 0 aliphatic carbocycles. The van der Waals surface area contributed by atoms with Gasteiger partial charge in [0.2, 0.25) is 5.91 Å². The molecule has 1 aliphatic heterocycles. The molecule has 22 heavy (non-hydrogen) atoms. The SMILES string of the molecule is O=C1CCN(C(c2ccc3ccccc3c2Br)C(F)(F)F)N1. The maximum Gasteiger partial charge on any atom is 0.409 e. The molecule has 116 valence electrons. The number of benzene rings is 2. The van der Waals surface area contributed by atoms with Crippen LogP contribution >= 0.6 is 15.9 Å². The Hall–Kier alpha value is -1.60. The van der Waals surface area contributed by atoms with Crippen molar-refractivity contribution in [3.63, 3.8) is 0 Å². The number of carbonyl (C=O) groups is 1. The molecule has 3 nitrogen and oxygen atoms in total. The van der Waals surface area contributed by atoms with Crippen LogP contribution < -0.4 is 5.43 Å². The lowest BCUT2D eigenvalue weighted by Gasteiger charge is -2.30. The topological polar surface area (TPSA) is 32.3 Å². The summed E-state index contributed by atoms with van der Waals surface area (Å²) in [5.74, 6) is -0.397. The Kier molecular flexibility index (Phi) is 3.86. The lowest BCUT2D eigenvalue weighted by Crippen LogP contribution is -2.43. The monoisotopic (exact) mass is 372 g/mol. The van der Waals surface area contributed by atoms with Gasteiger partial charge in [-0.3, -0.25) is 10.2 Å². The van der Waals surface area contributed by atoms with Crippen molar-refractivity contribution in [3.8, 4) is 0 Å². The van der Waals surface area contributed by atoms with Crippen LogP contribution in [0.15, 0.2) is 40.9 Å². The second kappa shape index (κ2) is 5.55. The molecule has 7 heteroatoms. The van der Waals surface area contributed by atoms with Crippen molar-refractivity contribution in [2.75, 3.05) is 6.54 Å². The number of nitrogens with zero attached hydrogens (tertiary/aromatic N) is 1. The third-order valence-corrected chi connectivity index (χ3v) is 4.54. The van der Waals surface area contributed by atoms with Crippen molar-refractivity contribution in [3.05, 3.63) is 46.4 Å². The molecule has 3 rings (SSSR count). The lowest BCUT2D eigenvalue weighted by molar-refractivity contribution is -0.191. The maximum atomic E-state index is 13.6. The molecule has 1 heterocycles. The molecule has 1 atom stereocenters. The Labute approximate surface area is 133 Å². The molecule has 0 aromatic heterocycles. The fraction of sp³-hybridized carbons (Fsp3) is 0.267. The van der Waals surface area contributed by atoms with E-state index < -0.39 is 18.1 Å². The number of hydrogen-bond acceptors (Lipinski definition) is 2. The Morgan fingerprint density at radius 3 is 2.55 bits per heavy atom. The summed E-state index contributed by atoms with van der Waals surface area (Å²) in [6.07, 6.45) is -4.43. The number of halogens is 4. The first-order valence-electron chi connectivity index (χ1n) is 6.68. The summed E-state index contributed by atoms with van der Waals surface area (Å²) in [4.78, 5) is 11.3. The Morgan fingerprint density at radius 2 is 1.91 bits per heavy atom. The lowest BCUT2D eigenvalue weighted by atomic mass is 10.0. The van der Waals surface area contributed by atoms with Gasteiger partial charge in [-0.2, -0.15) is 13.2 Å². The number of alkyl halides is 3. The quantitative estimate of drug-likeness (QED) is 0.865. The fourth-order valence-electron chi connectivity index (χ4n) is 2.67. The Morgan fingerprint density at radius 1 is 1.18 bits per heavy atom. The van der Waals surface area contributed by atoms with Crippen LogP contribution in [0.25, 0.3) is 10.8 Å². The molecule has 1 N–H and O–H groups in total. The number of fused-ring (bicyclic) bond motifs is 1. The molecule has 0 saturated carbocycles. The summed E-state index contributed by atoms with van der Waals surface area (Å²) in [5, 5.41) is 2.52. The molecule has 2 aromatic rings. The van der Waals surface area contributed by atoms with Gasteiger partial charge in [-0.05, 0) is 32.3 Å². The zero-order valence-electron chi connectivity index (χ0n) is 11.3. The molecular weight excluding hydrogens is 361 g/mol. The van der Waals surface area contributed by atoms with Gasteiger partial charge in [-0.1, -0.05) is 36.4 Å². The minimum Gasteiger partial charge on any atom is -0.288 e. The van der Waals surface area contributed by atoms with E-state index in [-0.39, 0.29) is 18.5 Å². The average Bonchev–Trinajstić information content (AvgIpc) is 2.87. The molecule has 0 radical (unpaired) electrons. The van der Waals surface area contributed by atoms with Crippen LogP contribution in [-0.4, -0.2) is 23.6 Å². The molecular formula is C15H12BrF3N2O. The molecule has 1 fully saturated rings. The van der Waals surface area contributed by atoms with E-state index >= 15 is 0 Å². The van der Waals surface area contributed by atoms with Gasteiger partial charge in [-0.15, -0.1) is 0 Å². The molecule has 0 bridgehead atoms. The molecule has 0 spiro atoms. The van der Waals surface area contributed by atoms with Crippen molar-refractivity contribution in [2.45, 2.75) is 18.6 Å². The molecule has 1 amide bonds. The first kappa shape index (κ1) is 15.3. The van der Waals surface area contributed by atoms with Gasteiger partial charge in [0.05, 0.1) is 0 Å². The highest BCUT2D eigenvalue weighted by Crippen LogP contribution is 2.42. The Bertz CT molecular complexity index is 732. The van der Waals surface area contributed by atoms with Crippen LogP contribution in [-0.2, 0) is 4.79 Å². The first-order valence-corrected chi connectivity index (χ1v) is 7.47. The van der Waals surface area contributed by atoms with Crippen LogP contribution in [0.4, 0.5) is 13.2 Å². The van der Waals surface area contributed by atoms with Crippen LogP contribution in [0.1, 0.15) is 18.0 Å². The zero-order valence-corrected chi connectivity index (χ0v) is 12.9. The summed E-state index contributed by atoms with van der Waals surface area (Å²) >= 11 is 3.30. The number of hydrazine groups is 1. The van der Waals surface area contributed by atoms with Crippen molar-refractivity contribution in [1.29, 1.82) is 0 Å². The number of nitrogens with one attached hydrogen (secondary N) is 1. The van der Waals surface area contributed by atoms with E-state index in [0.717, 1.165) is 10.4 Å². The van der Waals surface area contributed by atoms with E-state index in [2.05, 4.69) is 21.4 Å². The van der Waals surface area contributed by atoms with E-state index in [9.17, 15) is 18.0 Å². The largest absolute Gasteiger partial charge is 0.409 e. The molecule has 1 aliphatic rings. The third-order valence-electron chi connectivity index (χ3n) is 3.66. The summed E-state index contributed by atoms with van der Waals surface area (Å²) in [6.45, 7) is 0.0300. The maximum absolute atomic E-state index is 13.6. The second-order valence-electron chi connectivity index (χ2n) is 5.11. The average molecular weight is 373 g/mol. The minimum absolute atomic E-state index is 0.0300. The van der Waals surface area contributed by atoms with Crippen molar-refractivity contribution >= 4 is 32.6 Å². The van der Waals surface area contributed by atoms with Crippen molar-refractivity contribution in [2.24, 2.45) is 0 Å². The Balaban J connectivity index is 2.12. The van der Waals surface area contributed by atoms with Gasteiger partial charge in [0, 0.05) is 17.4 Å². The van der Waals surface area contributed by atoms with Gasteiger partial charge in [-0.25, -0.2) is 5.01 Å². The molecule has 2 aromatic carbocycles. The van der Waals surface area contributed by atoms with Crippen LogP contribution in [0.2, 0.25) is 0 Å². The van der Waals surface area contributed by atoms with Crippen LogP contribution in [0, 0.1) is 0 Å². The first-order chi connectivity index (χ1) is 10.4. The van der Waals surface area contributed by atoms with Crippen molar-refractivity contribution < 1.29 is 18.0 Å². The highest BCUT2D eigenvalue weighted by atomic mass is 79.9. The number of rotatable bonds is 2. The van der Waals surface area contributed by atoms with E-state index in [1.165, 1.54) is 6.07 Å². The predicted molar refractivity (Wildman–Crippen MR) is 79.9 cm³/mol.